The van der Waals surface area contributed by atoms with Crippen molar-refractivity contribution in [1.29, 1.82) is 0 Å². The van der Waals surface area contributed by atoms with Crippen molar-refractivity contribution in [2.24, 2.45) is 5.92 Å². The van der Waals surface area contributed by atoms with Gasteiger partial charge in [0.1, 0.15) is 30.7 Å². The van der Waals surface area contributed by atoms with Gasteiger partial charge >= 0.3 is 33.3 Å². The highest BCUT2D eigenvalue weighted by molar-refractivity contribution is 7.61. The summed E-state index contributed by atoms with van der Waals surface area (Å²) < 4.78 is 56.5. The smallest absolute Gasteiger partial charge is 0.462 e. The number of aromatic nitrogens is 2. The van der Waals surface area contributed by atoms with Crippen LogP contribution >= 0.6 is 15.6 Å². The van der Waals surface area contributed by atoms with Gasteiger partial charge in [-0.15, -0.1) is 0 Å². The second-order valence-corrected chi connectivity index (χ2v) is 21.4. The average Bonchev–Trinajstić information content (AvgIpc) is 3.60. The Hall–Kier alpha value is -3.66. The molecule has 0 bridgehead atoms. The first kappa shape index (κ1) is 65.5. The number of nitrogen functional groups attached to an aromatic ring is 1. The molecule has 10 atom stereocenters. The van der Waals surface area contributed by atoms with Crippen LogP contribution in [0.2, 0.25) is 0 Å². The molecule has 0 amide bonds. The Kier molecular flexibility index (Phi) is 33.3. The SMILES string of the molecule is CC/C=C\C[C@@H](O)/C=C/C=C/C=C\C=C/[C@H](O)[C@@H](O)CCCC(=O)OC[C@H](COP(=O)(O)OP(=O)(O)OC[C@H]1O[C@@H](n2ccc(N)nc2=O)[C@H](O)[C@@H]1O)OC(=O)CCCCCCCCCCCCCCC(C)C. The van der Waals surface area contributed by atoms with Crippen LogP contribution in [0.1, 0.15) is 149 Å². The first-order valence-electron chi connectivity index (χ1n) is 25.5. The number of nitrogens with two attached hydrogens (primary N) is 1. The molecule has 416 valence electrons. The molecule has 23 heteroatoms. The van der Waals surface area contributed by atoms with Crippen molar-refractivity contribution in [3.8, 4) is 0 Å². The minimum Gasteiger partial charge on any atom is -0.462 e. The molecular weight excluding hydrogens is 993 g/mol. The van der Waals surface area contributed by atoms with Crippen LogP contribution < -0.4 is 11.4 Å². The van der Waals surface area contributed by atoms with Crippen molar-refractivity contribution in [3.05, 3.63) is 83.5 Å². The molecule has 1 aromatic rings. The van der Waals surface area contributed by atoms with Gasteiger partial charge in [0.15, 0.2) is 12.3 Å². The Bertz CT molecular complexity index is 2030. The number of aliphatic hydroxyl groups excluding tert-OH is 5. The number of phosphoric acid groups is 2. The molecule has 2 rings (SSSR count). The number of allylic oxidation sites excluding steroid dienone is 7. The van der Waals surface area contributed by atoms with Crippen LogP contribution in [0.25, 0.3) is 0 Å². The summed E-state index contributed by atoms with van der Waals surface area (Å²) in [6.07, 6.45) is 22.5. The monoisotopic (exact) mass is 1080 g/mol. The van der Waals surface area contributed by atoms with Crippen molar-refractivity contribution >= 4 is 33.4 Å². The van der Waals surface area contributed by atoms with E-state index in [1.807, 2.05) is 19.1 Å². The summed E-state index contributed by atoms with van der Waals surface area (Å²) in [6, 6.07) is 1.23. The summed E-state index contributed by atoms with van der Waals surface area (Å²) in [6.45, 7) is 3.91. The number of hydrogen-bond donors (Lipinski definition) is 8. The van der Waals surface area contributed by atoms with E-state index in [-0.39, 0.29) is 31.5 Å². The van der Waals surface area contributed by atoms with E-state index < -0.39 is 102 Å². The number of anilines is 1. The van der Waals surface area contributed by atoms with Crippen LogP contribution in [0.5, 0.6) is 0 Å². The fourth-order valence-corrected chi connectivity index (χ4v) is 9.42. The van der Waals surface area contributed by atoms with E-state index in [0.29, 0.717) is 12.8 Å². The first-order valence-corrected chi connectivity index (χ1v) is 28.5. The zero-order valence-corrected chi connectivity index (χ0v) is 44.5. The molecule has 1 aliphatic heterocycles. The Balaban J connectivity index is 1.89. The van der Waals surface area contributed by atoms with E-state index in [4.69, 9.17) is 29.0 Å². The second kappa shape index (κ2) is 37.1. The summed E-state index contributed by atoms with van der Waals surface area (Å²) in [7, 11) is -11.0. The molecule has 0 aromatic carbocycles. The molecule has 1 aliphatic rings. The zero-order valence-electron chi connectivity index (χ0n) is 42.7. The number of hydrogen-bond acceptors (Lipinski definition) is 18. The first-order chi connectivity index (χ1) is 34.7. The number of aliphatic hydroxyl groups is 5. The Morgan fingerprint density at radius 2 is 1.34 bits per heavy atom. The Labute approximate surface area is 430 Å². The summed E-state index contributed by atoms with van der Waals surface area (Å²) in [5, 5.41) is 51.5. The number of esters is 2. The molecule has 0 saturated carbocycles. The van der Waals surface area contributed by atoms with Gasteiger partial charge < -0.3 is 55.3 Å². The predicted molar refractivity (Wildman–Crippen MR) is 274 cm³/mol. The maximum Gasteiger partial charge on any atom is 0.481 e. The summed E-state index contributed by atoms with van der Waals surface area (Å²) >= 11 is 0. The molecule has 2 heterocycles. The highest BCUT2D eigenvalue weighted by Crippen LogP contribution is 2.60. The number of nitrogens with zero attached hydrogens (tertiary/aromatic N) is 2. The molecule has 0 aliphatic carbocycles. The van der Waals surface area contributed by atoms with Crippen molar-refractivity contribution in [3.63, 3.8) is 0 Å². The van der Waals surface area contributed by atoms with Gasteiger partial charge in [0, 0.05) is 19.0 Å². The minimum absolute atomic E-state index is 0.00635. The van der Waals surface area contributed by atoms with Gasteiger partial charge in [-0.05, 0) is 44.1 Å². The maximum absolute atomic E-state index is 12.9. The molecule has 1 aromatic heterocycles. The van der Waals surface area contributed by atoms with Crippen LogP contribution in [0, 0.1) is 5.92 Å². The third-order valence-corrected chi connectivity index (χ3v) is 14.0. The molecule has 21 nitrogen and oxygen atoms in total. The number of carbonyl (C=O) groups excluding carboxylic acids is 2. The standard InChI is InChI=1S/C50H83N3O18P2/c1-4-5-20-27-39(54)28-22-17-14-15-18-23-29-41(55)42(56)30-25-32-45(57)66-35-40(69-46(58)31-24-19-13-11-9-7-6-8-10-12-16-21-26-38(2)3)36-67-72(62,63)71-73(64,65)68-37-43-47(59)48(60)49(70-43)53-34-33-44(51)52-50(53)61/h5,14-15,17-18,20,22-23,28-29,33-34,38-43,47-49,54-56,59-60H,4,6-13,16,19,21,24-27,30-32,35-37H2,1-3H3,(H,62,63)(H,64,65)(H2,51,52,61)/b17-14+,18-15-,20-5-,28-22+,29-23-/t39-,40-,41+,42+,43-,47-,48-,49-/m1/s1. The molecule has 9 N–H and O–H groups in total. The fraction of sp³-hybridized carbons (Fsp3) is 0.680. The van der Waals surface area contributed by atoms with Crippen molar-refractivity contribution in [1.82, 2.24) is 9.55 Å². The summed E-state index contributed by atoms with van der Waals surface area (Å²) in [5.74, 6) is -0.897. The molecule has 1 saturated heterocycles. The van der Waals surface area contributed by atoms with Crippen LogP contribution in [-0.4, -0.2) is 119 Å². The third-order valence-electron chi connectivity index (χ3n) is 11.4. The molecule has 2 unspecified atom stereocenters. The van der Waals surface area contributed by atoms with Gasteiger partial charge in [-0.1, -0.05) is 159 Å². The van der Waals surface area contributed by atoms with Gasteiger partial charge in [0.2, 0.25) is 0 Å². The lowest BCUT2D eigenvalue weighted by molar-refractivity contribution is -0.161. The predicted octanol–water partition coefficient (Wildman–Crippen LogP) is 7.10. The summed E-state index contributed by atoms with van der Waals surface area (Å²) in [5.41, 5.74) is 4.55. The number of ether oxygens (including phenoxy) is 3. The second-order valence-electron chi connectivity index (χ2n) is 18.3. The number of rotatable bonds is 40. The van der Waals surface area contributed by atoms with Crippen LogP contribution in [0.3, 0.4) is 0 Å². The lowest BCUT2D eigenvalue weighted by Crippen LogP contribution is -2.36. The Morgan fingerprint density at radius 1 is 0.767 bits per heavy atom. The molecule has 0 radical (unpaired) electrons. The molecule has 73 heavy (non-hydrogen) atoms. The van der Waals surface area contributed by atoms with Gasteiger partial charge in [0.25, 0.3) is 0 Å². The minimum atomic E-state index is -5.50. The molecular formula is C50H83N3O18P2. The molecule has 1 fully saturated rings. The number of carbonyl (C=O) groups is 2. The largest absolute Gasteiger partial charge is 0.481 e. The number of phosphoric ester groups is 2. The molecule has 0 spiro atoms. The normalized spacial score (nSPS) is 20.9. The third kappa shape index (κ3) is 30.5. The van der Waals surface area contributed by atoms with Crippen molar-refractivity contribution in [2.75, 3.05) is 25.6 Å². The van der Waals surface area contributed by atoms with E-state index in [9.17, 15) is 58.8 Å². The van der Waals surface area contributed by atoms with Crippen LogP contribution in [0.4, 0.5) is 5.82 Å². The average molecular weight is 1080 g/mol. The highest BCUT2D eigenvalue weighted by Gasteiger charge is 2.46. The lowest BCUT2D eigenvalue weighted by atomic mass is 10.0. The van der Waals surface area contributed by atoms with Crippen molar-refractivity contribution in [2.45, 2.75) is 192 Å². The van der Waals surface area contributed by atoms with Gasteiger partial charge in [-0.2, -0.15) is 9.29 Å². The summed E-state index contributed by atoms with van der Waals surface area (Å²) in [4.78, 5) is 61.9. The lowest BCUT2D eigenvalue weighted by Gasteiger charge is -2.21. The van der Waals surface area contributed by atoms with Gasteiger partial charge in [0.05, 0.1) is 31.5 Å². The zero-order chi connectivity index (χ0) is 54.1. The van der Waals surface area contributed by atoms with E-state index >= 15 is 0 Å². The topological polar surface area (TPSA) is 326 Å². The van der Waals surface area contributed by atoms with E-state index in [1.165, 1.54) is 63.2 Å². The van der Waals surface area contributed by atoms with Gasteiger partial charge in [-0.3, -0.25) is 23.2 Å². The van der Waals surface area contributed by atoms with E-state index in [0.717, 1.165) is 55.2 Å². The highest BCUT2D eigenvalue weighted by atomic mass is 31.3. The fourth-order valence-electron chi connectivity index (χ4n) is 7.31. The van der Waals surface area contributed by atoms with Crippen LogP contribution in [-0.2, 0) is 46.3 Å². The van der Waals surface area contributed by atoms with Gasteiger partial charge in [-0.25, -0.2) is 13.9 Å². The van der Waals surface area contributed by atoms with Crippen molar-refractivity contribution < 1.29 is 81.6 Å². The van der Waals surface area contributed by atoms with E-state index in [2.05, 4.69) is 23.1 Å². The quantitative estimate of drug-likeness (QED) is 0.0107. The van der Waals surface area contributed by atoms with Crippen LogP contribution in [0.15, 0.2) is 77.8 Å². The maximum atomic E-state index is 12.9. The Morgan fingerprint density at radius 3 is 1.96 bits per heavy atom. The number of unbranched alkanes of at least 4 members (excludes halogenated alkanes) is 11. The van der Waals surface area contributed by atoms with E-state index in [1.54, 1.807) is 36.5 Å².